The molecule has 33 heavy (non-hydrogen) atoms. The molecule has 1 amide bonds. The third-order valence-electron chi connectivity index (χ3n) is 7.89. The van der Waals surface area contributed by atoms with Crippen molar-refractivity contribution in [3.05, 3.63) is 71.8 Å². The summed E-state index contributed by atoms with van der Waals surface area (Å²) in [5.74, 6) is 0.854. The molecule has 2 aromatic carbocycles. The zero-order valence-corrected chi connectivity index (χ0v) is 19.7. The summed E-state index contributed by atoms with van der Waals surface area (Å²) >= 11 is 0. The van der Waals surface area contributed by atoms with Gasteiger partial charge in [-0.15, -0.1) is 0 Å². The average molecular weight is 447 g/mol. The number of likely N-dealkylation sites (tertiary alicyclic amines) is 1. The Bertz CT molecular complexity index is 875. The Kier molecular flexibility index (Phi) is 7.40. The van der Waals surface area contributed by atoms with Crippen LogP contribution >= 0.6 is 0 Å². The van der Waals surface area contributed by atoms with Gasteiger partial charge in [-0.25, -0.2) is 0 Å². The van der Waals surface area contributed by atoms with Gasteiger partial charge in [0.2, 0.25) is 0 Å². The fourth-order valence-corrected chi connectivity index (χ4v) is 6.02. The lowest BCUT2D eigenvalue weighted by atomic mass is 9.86. The van der Waals surface area contributed by atoms with E-state index in [9.17, 15) is 4.79 Å². The van der Waals surface area contributed by atoms with Crippen molar-refractivity contribution in [1.29, 1.82) is 0 Å². The highest BCUT2D eigenvalue weighted by molar-refractivity contribution is 5.94. The molecule has 1 N–H and O–H groups in total. The van der Waals surface area contributed by atoms with E-state index in [1.54, 1.807) is 0 Å². The minimum atomic E-state index is 0.189. The molecule has 5 heteroatoms. The number of hydrogen-bond acceptors (Lipinski definition) is 4. The molecule has 176 valence electrons. The zero-order chi connectivity index (χ0) is 22.5. The molecule has 0 aromatic heterocycles. The number of rotatable bonds is 6. The van der Waals surface area contributed by atoms with E-state index in [-0.39, 0.29) is 11.9 Å². The first-order chi connectivity index (χ1) is 16.3. The number of piperidine rings is 1. The smallest absolute Gasteiger partial charge is 0.254 e. The number of piperazine rings is 1. The van der Waals surface area contributed by atoms with Crippen LogP contribution in [-0.2, 0) is 6.42 Å². The second-order valence-corrected chi connectivity index (χ2v) is 10.1. The molecule has 2 aromatic rings. The summed E-state index contributed by atoms with van der Waals surface area (Å²) in [7, 11) is 0. The number of carbonyl (C=O) groups is 1. The first-order valence-corrected chi connectivity index (χ1v) is 12.8. The van der Waals surface area contributed by atoms with Gasteiger partial charge in [-0.3, -0.25) is 9.69 Å². The Morgan fingerprint density at radius 1 is 0.879 bits per heavy atom. The molecule has 0 bridgehead atoms. The van der Waals surface area contributed by atoms with Crippen molar-refractivity contribution >= 4 is 5.91 Å². The lowest BCUT2D eigenvalue weighted by Gasteiger charge is -2.43. The Balaban J connectivity index is 1.21. The molecule has 0 spiro atoms. The maximum absolute atomic E-state index is 13.4. The molecule has 5 nitrogen and oxygen atoms in total. The van der Waals surface area contributed by atoms with E-state index in [1.165, 1.54) is 51.3 Å². The zero-order valence-electron chi connectivity index (χ0n) is 19.7. The van der Waals surface area contributed by atoms with E-state index < -0.39 is 0 Å². The highest BCUT2D eigenvalue weighted by atomic mass is 16.2. The number of amides is 1. The van der Waals surface area contributed by atoms with Gasteiger partial charge >= 0.3 is 0 Å². The number of carbonyl (C=O) groups excluding carboxylic acids is 1. The summed E-state index contributed by atoms with van der Waals surface area (Å²) in [6, 6.07) is 21.5. The van der Waals surface area contributed by atoms with Gasteiger partial charge in [-0.1, -0.05) is 48.5 Å². The summed E-state index contributed by atoms with van der Waals surface area (Å²) in [6.07, 6.45) is 4.45. The first kappa shape index (κ1) is 22.6. The van der Waals surface area contributed by atoms with Crippen molar-refractivity contribution in [2.24, 2.45) is 5.92 Å². The first-order valence-electron chi connectivity index (χ1n) is 12.8. The molecular formula is C28H38N4O. The van der Waals surface area contributed by atoms with E-state index in [2.05, 4.69) is 50.3 Å². The van der Waals surface area contributed by atoms with Crippen molar-refractivity contribution in [3.8, 4) is 0 Å². The minimum Gasteiger partial charge on any atom is -0.335 e. The van der Waals surface area contributed by atoms with Crippen LogP contribution in [0.1, 0.15) is 35.2 Å². The molecule has 0 radical (unpaired) electrons. The number of nitrogens with one attached hydrogen (secondary N) is 1. The van der Waals surface area contributed by atoms with Crippen LogP contribution in [0.3, 0.4) is 0 Å². The third-order valence-corrected chi connectivity index (χ3v) is 7.89. The molecule has 3 saturated heterocycles. The molecule has 0 aliphatic carbocycles. The minimum absolute atomic E-state index is 0.189. The lowest BCUT2D eigenvalue weighted by molar-refractivity contribution is 0.0443. The fourth-order valence-electron chi connectivity index (χ4n) is 6.02. The van der Waals surface area contributed by atoms with E-state index >= 15 is 0 Å². The molecule has 3 aliphatic heterocycles. The quantitative estimate of drug-likeness (QED) is 0.740. The van der Waals surface area contributed by atoms with Gasteiger partial charge in [-0.2, -0.15) is 0 Å². The predicted molar refractivity (Wildman–Crippen MR) is 133 cm³/mol. The summed E-state index contributed by atoms with van der Waals surface area (Å²) in [5.41, 5.74) is 2.14. The Morgan fingerprint density at radius 3 is 2.30 bits per heavy atom. The van der Waals surface area contributed by atoms with Crippen LogP contribution in [0.5, 0.6) is 0 Å². The van der Waals surface area contributed by atoms with Crippen molar-refractivity contribution in [3.63, 3.8) is 0 Å². The maximum Gasteiger partial charge on any atom is 0.254 e. The number of hydrogen-bond donors (Lipinski definition) is 1. The SMILES string of the molecule is O=C(c1ccccc1)N1CCC(CN2CCN(C3CCNC3)CC2)CC1Cc1ccccc1. The average Bonchev–Trinajstić information content (AvgIpc) is 3.41. The Labute approximate surface area is 198 Å². The van der Waals surface area contributed by atoms with Crippen molar-refractivity contribution in [1.82, 2.24) is 20.0 Å². The molecule has 3 aliphatic rings. The van der Waals surface area contributed by atoms with Gasteiger partial charge in [0.1, 0.15) is 0 Å². The van der Waals surface area contributed by atoms with Crippen LogP contribution in [0.4, 0.5) is 0 Å². The van der Waals surface area contributed by atoms with Crippen molar-refractivity contribution in [2.45, 2.75) is 37.8 Å². The molecule has 5 rings (SSSR count). The molecular weight excluding hydrogens is 408 g/mol. The van der Waals surface area contributed by atoms with Gasteiger partial charge < -0.3 is 15.1 Å². The van der Waals surface area contributed by atoms with Crippen molar-refractivity contribution < 1.29 is 4.79 Å². The topological polar surface area (TPSA) is 38.8 Å². The van der Waals surface area contributed by atoms with Crippen LogP contribution in [-0.4, -0.2) is 85.0 Å². The second-order valence-electron chi connectivity index (χ2n) is 10.1. The standard InChI is InChI=1S/C28H38N4O/c33-28(25-9-5-2-6-10-25)32-14-12-24(20-27(32)19-23-7-3-1-4-8-23)22-30-15-17-31(18-16-30)26-11-13-29-21-26/h1-10,24,26-27,29H,11-22H2. The van der Waals surface area contributed by atoms with Crippen LogP contribution in [0, 0.1) is 5.92 Å². The predicted octanol–water partition coefficient (Wildman–Crippen LogP) is 3.13. The van der Waals surface area contributed by atoms with Crippen molar-refractivity contribution in [2.75, 3.05) is 52.4 Å². The molecule has 0 saturated carbocycles. The highest BCUT2D eigenvalue weighted by Gasteiger charge is 2.34. The van der Waals surface area contributed by atoms with Gasteiger partial charge in [0.25, 0.3) is 5.91 Å². The van der Waals surface area contributed by atoms with Crippen LogP contribution in [0.25, 0.3) is 0 Å². The van der Waals surface area contributed by atoms with Gasteiger partial charge in [0.15, 0.2) is 0 Å². The van der Waals surface area contributed by atoms with E-state index in [0.29, 0.717) is 5.92 Å². The molecule has 3 atom stereocenters. The van der Waals surface area contributed by atoms with Gasteiger partial charge in [0, 0.05) is 63.5 Å². The normalized spacial score (nSPS) is 27.0. The number of nitrogens with zero attached hydrogens (tertiary/aromatic N) is 3. The fraction of sp³-hybridized carbons (Fsp3) is 0.536. The maximum atomic E-state index is 13.4. The lowest BCUT2D eigenvalue weighted by Crippen LogP contribution is -2.53. The van der Waals surface area contributed by atoms with E-state index in [4.69, 9.17) is 0 Å². The molecule has 3 unspecified atom stereocenters. The van der Waals surface area contributed by atoms with Crippen LogP contribution in [0.2, 0.25) is 0 Å². The third kappa shape index (κ3) is 5.65. The largest absolute Gasteiger partial charge is 0.335 e. The van der Waals surface area contributed by atoms with Crippen LogP contribution in [0.15, 0.2) is 60.7 Å². The highest BCUT2D eigenvalue weighted by Crippen LogP contribution is 2.28. The summed E-state index contributed by atoms with van der Waals surface area (Å²) < 4.78 is 0. The number of benzene rings is 2. The molecule has 3 fully saturated rings. The Morgan fingerprint density at radius 2 is 1.61 bits per heavy atom. The molecule has 3 heterocycles. The summed E-state index contributed by atoms with van der Waals surface area (Å²) in [5, 5.41) is 3.51. The van der Waals surface area contributed by atoms with E-state index in [1.807, 2.05) is 30.3 Å². The monoisotopic (exact) mass is 446 g/mol. The van der Waals surface area contributed by atoms with Gasteiger partial charge in [-0.05, 0) is 55.8 Å². The Hall–Kier alpha value is -2.21. The van der Waals surface area contributed by atoms with Crippen LogP contribution < -0.4 is 5.32 Å². The summed E-state index contributed by atoms with van der Waals surface area (Å²) in [6.45, 7) is 9.14. The summed E-state index contributed by atoms with van der Waals surface area (Å²) in [4.78, 5) is 20.9. The van der Waals surface area contributed by atoms with Gasteiger partial charge in [0.05, 0.1) is 0 Å². The second kappa shape index (κ2) is 10.8. The van der Waals surface area contributed by atoms with E-state index in [0.717, 1.165) is 44.0 Å².